The lowest BCUT2D eigenvalue weighted by Gasteiger charge is -2.26. The number of likely N-dealkylation sites (tertiary alicyclic amines) is 2. The van der Waals surface area contributed by atoms with Crippen molar-refractivity contribution in [3.05, 3.63) is 47.1 Å². The monoisotopic (exact) mass is 394 g/mol. The van der Waals surface area contributed by atoms with E-state index in [0.717, 1.165) is 24.0 Å². The third-order valence-electron chi connectivity index (χ3n) is 6.59. The SMILES string of the molecule is Cc1cccc(CC(=O)N2C[C@H]3CN(C(=O)C4CC4)C[C@@]3(c3nc(C)no3)C2)c1. The first-order chi connectivity index (χ1) is 13.9. The molecule has 1 aromatic carbocycles. The van der Waals surface area contributed by atoms with Gasteiger partial charge in [0, 0.05) is 38.0 Å². The molecule has 7 nitrogen and oxygen atoms in total. The van der Waals surface area contributed by atoms with Crippen molar-refractivity contribution < 1.29 is 14.1 Å². The largest absolute Gasteiger partial charge is 0.341 e. The van der Waals surface area contributed by atoms with Crippen LogP contribution >= 0.6 is 0 Å². The second kappa shape index (κ2) is 6.68. The van der Waals surface area contributed by atoms with E-state index in [2.05, 4.69) is 16.2 Å². The van der Waals surface area contributed by atoms with E-state index in [4.69, 9.17) is 4.52 Å². The van der Waals surface area contributed by atoms with Crippen molar-refractivity contribution in [2.24, 2.45) is 11.8 Å². The molecule has 5 rings (SSSR count). The summed E-state index contributed by atoms with van der Waals surface area (Å²) in [5.74, 6) is 1.83. The average Bonchev–Trinajstić information content (AvgIpc) is 3.17. The normalized spacial score (nSPS) is 26.1. The van der Waals surface area contributed by atoms with Gasteiger partial charge in [-0.25, -0.2) is 0 Å². The van der Waals surface area contributed by atoms with Gasteiger partial charge < -0.3 is 14.3 Å². The zero-order valence-corrected chi connectivity index (χ0v) is 16.9. The number of fused-ring (bicyclic) bond motifs is 1. The molecule has 0 radical (unpaired) electrons. The molecule has 3 heterocycles. The van der Waals surface area contributed by atoms with E-state index >= 15 is 0 Å². The lowest BCUT2D eigenvalue weighted by Crippen LogP contribution is -2.42. The minimum Gasteiger partial charge on any atom is -0.341 e. The summed E-state index contributed by atoms with van der Waals surface area (Å²) >= 11 is 0. The maximum Gasteiger partial charge on any atom is 0.236 e. The molecule has 2 aromatic rings. The molecular weight excluding hydrogens is 368 g/mol. The predicted molar refractivity (Wildman–Crippen MR) is 105 cm³/mol. The maximum absolute atomic E-state index is 13.0. The molecule has 1 aliphatic carbocycles. The topological polar surface area (TPSA) is 79.5 Å². The van der Waals surface area contributed by atoms with E-state index in [1.54, 1.807) is 6.92 Å². The highest BCUT2D eigenvalue weighted by Gasteiger charge is 2.59. The highest BCUT2D eigenvalue weighted by molar-refractivity contribution is 5.82. The van der Waals surface area contributed by atoms with Crippen molar-refractivity contribution in [2.45, 2.75) is 38.5 Å². The zero-order valence-electron chi connectivity index (χ0n) is 16.9. The fourth-order valence-corrected chi connectivity index (χ4v) is 4.92. The third-order valence-corrected chi connectivity index (χ3v) is 6.59. The number of hydrogen-bond acceptors (Lipinski definition) is 5. The fourth-order valence-electron chi connectivity index (χ4n) is 4.92. The summed E-state index contributed by atoms with van der Waals surface area (Å²) in [5, 5.41) is 3.99. The van der Waals surface area contributed by atoms with Crippen molar-refractivity contribution in [1.29, 1.82) is 0 Å². The summed E-state index contributed by atoms with van der Waals surface area (Å²) < 4.78 is 5.58. The van der Waals surface area contributed by atoms with Gasteiger partial charge in [-0.05, 0) is 32.3 Å². The van der Waals surface area contributed by atoms with E-state index in [-0.39, 0.29) is 23.7 Å². The van der Waals surface area contributed by atoms with Gasteiger partial charge in [0.05, 0.1) is 11.8 Å². The minimum atomic E-state index is -0.450. The van der Waals surface area contributed by atoms with Crippen molar-refractivity contribution in [1.82, 2.24) is 19.9 Å². The second-order valence-electron chi connectivity index (χ2n) is 8.93. The minimum absolute atomic E-state index is 0.112. The molecule has 0 N–H and O–H groups in total. The molecule has 0 unspecified atom stereocenters. The standard InChI is InChI=1S/C22H26N4O3/c1-14-4-3-5-16(8-14)9-19(27)25-10-18-11-26(20(28)17-6-7-17)13-22(18,12-25)21-23-15(2)24-29-21/h3-5,8,17-18H,6-7,9-13H2,1-2H3/t18-,22-/m0/s1. The van der Waals surface area contributed by atoms with Crippen LogP contribution in [0.1, 0.15) is 35.7 Å². The molecule has 1 aromatic heterocycles. The van der Waals surface area contributed by atoms with Crippen molar-refractivity contribution in [2.75, 3.05) is 26.2 Å². The number of hydrogen-bond donors (Lipinski definition) is 0. The van der Waals surface area contributed by atoms with Crippen molar-refractivity contribution >= 4 is 11.8 Å². The van der Waals surface area contributed by atoms with Gasteiger partial charge in [0.1, 0.15) is 0 Å². The number of carbonyl (C=O) groups excluding carboxylic acids is 2. The van der Waals surface area contributed by atoms with Crippen LogP contribution in [0.2, 0.25) is 0 Å². The first-order valence-corrected chi connectivity index (χ1v) is 10.4. The molecule has 2 saturated heterocycles. The van der Waals surface area contributed by atoms with Crippen LogP contribution in [-0.4, -0.2) is 57.9 Å². The summed E-state index contributed by atoms with van der Waals surface area (Å²) in [4.78, 5) is 34.1. The van der Waals surface area contributed by atoms with Gasteiger partial charge in [-0.1, -0.05) is 35.0 Å². The van der Waals surface area contributed by atoms with Crippen LogP contribution in [-0.2, 0) is 21.4 Å². The molecule has 7 heteroatoms. The van der Waals surface area contributed by atoms with Gasteiger partial charge in [-0.3, -0.25) is 9.59 Å². The summed E-state index contributed by atoms with van der Waals surface area (Å²) in [6.07, 6.45) is 2.37. The highest BCUT2D eigenvalue weighted by Crippen LogP contribution is 2.46. The molecule has 3 fully saturated rings. The van der Waals surface area contributed by atoms with Gasteiger partial charge >= 0.3 is 0 Å². The van der Waals surface area contributed by atoms with E-state index < -0.39 is 5.41 Å². The first-order valence-electron chi connectivity index (χ1n) is 10.4. The lowest BCUT2D eigenvalue weighted by molar-refractivity contribution is -0.132. The Morgan fingerprint density at radius 1 is 1.17 bits per heavy atom. The Kier molecular flexibility index (Phi) is 4.22. The van der Waals surface area contributed by atoms with E-state index in [1.165, 1.54) is 0 Å². The molecule has 2 amide bonds. The Hall–Kier alpha value is -2.70. The van der Waals surface area contributed by atoms with Crippen LogP contribution < -0.4 is 0 Å². The van der Waals surface area contributed by atoms with Crippen LogP contribution in [0.25, 0.3) is 0 Å². The van der Waals surface area contributed by atoms with Crippen LogP contribution in [0.15, 0.2) is 28.8 Å². The maximum atomic E-state index is 13.0. The number of aryl methyl sites for hydroxylation is 2. The van der Waals surface area contributed by atoms with Crippen LogP contribution in [0.5, 0.6) is 0 Å². The van der Waals surface area contributed by atoms with E-state index in [0.29, 0.717) is 44.3 Å². The Balaban J connectivity index is 1.38. The highest BCUT2D eigenvalue weighted by atomic mass is 16.5. The van der Waals surface area contributed by atoms with Gasteiger partial charge in [0.25, 0.3) is 0 Å². The number of carbonyl (C=O) groups is 2. The Morgan fingerprint density at radius 3 is 2.62 bits per heavy atom. The number of nitrogens with zero attached hydrogens (tertiary/aromatic N) is 4. The average molecular weight is 394 g/mol. The Morgan fingerprint density at radius 2 is 1.93 bits per heavy atom. The van der Waals surface area contributed by atoms with Crippen LogP contribution in [0.4, 0.5) is 0 Å². The quantitative estimate of drug-likeness (QED) is 0.791. The van der Waals surface area contributed by atoms with Gasteiger partial charge in [0.15, 0.2) is 5.82 Å². The van der Waals surface area contributed by atoms with E-state index in [9.17, 15) is 9.59 Å². The first kappa shape index (κ1) is 18.3. The lowest BCUT2D eigenvalue weighted by atomic mass is 9.81. The molecule has 3 aliphatic rings. The molecule has 152 valence electrons. The second-order valence-corrected chi connectivity index (χ2v) is 8.93. The van der Waals surface area contributed by atoms with Crippen LogP contribution in [0, 0.1) is 25.7 Å². The van der Waals surface area contributed by atoms with Gasteiger partial charge in [-0.15, -0.1) is 0 Å². The Labute approximate surface area is 170 Å². The predicted octanol–water partition coefficient (Wildman–Crippen LogP) is 1.88. The molecular formula is C22H26N4O3. The van der Waals surface area contributed by atoms with Crippen LogP contribution in [0.3, 0.4) is 0 Å². The molecule has 29 heavy (non-hydrogen) atoms. The number of amides is 2. The molecule has 0 spiro atoms. The Bertz CT molecular complexity index is 966. The number of aromatic nitrogens is 2. The summed E-state index contributed by atoms with van der Waals surface area (Å²) in [6.45, 7) is 6.20. The van der Waals surface area contributed by atoms with Crippen molar-refractivity contribution in [3.8, 4) is 0 Å². The third kappa shape index (κ3) is 3.22. The fraction of sp³-hybridized carbons (Fsp3) is 0.545. The van der Waals surface area contributed by atoms with E-state index in [1.807, 2.05) is 34.9 Å². The zero-order chi connectivity index (χ0) is 20.2. The van der Waals surface area contributed by atoms with Gasteiger partial charge in [-0.2, -0.15) is 4.98 Å². The molecule has 2 aliphatic heterocycles. The summed E-state index contributed by atoms with van der Waals surface area (Å²) in [6, 6.07) is 8.07. The molecule has 2 atom stereocenters. The molecule has 1 saturated carbocycles. The smallest absolute Gasteiger partial charge is 0.236 e. The number of rotatable bonds is 4. The summed E-state index contributed by atoms with van der Waals surface area (Å²) in [7, 11) is 0. The van der Waals surface area contributed by atoms with Crippen molar-refractivity contribution in [3.63, 3.8) is 0 Å². The molecule has 0 bridgehead atoms. The number of benzene rings is 1. The summed E-state index contributed by atoms with van der Waals surface area (Å²) in [5.41, 5.74) is 1.73. The van der Waals surface area contributed by atoms with Gasteiger partial charge in [0.2, 0.25) is 17.7 Å².